The van der Waals surface area contributed by atoms with Gasteiger partial charge in [-0.2, -0.15) is 0 Å². The summed E-state index contributed by atoms with van der Waals surface area (Å²) in [6.45, 7) is 5.90. The fourth-order valence-corrected chi connectivity index (χ4v) is 2.57. The standard InChI is InChI=1S/C15H22N2O3/c1-3-6-17(10-13-5-4-7-20-13)15(19)12-8-11(2)16-14(18)9-12/h8-9,13H,3-7,10H2,1-2H3,(H,16,18)/t13-/m1/s1. The van der Waals surface area contributed by atoms with Crippen molar-refractivity contribution >= 4 is 5.91 Å². The molecule has 1 aromatic rings. The van der Waals surface area contributed by atoms with E-state index in [0.29, 0.717) is 24.3 Å². The van der Waals surface area contributed by atoms with Gasteiger partial charge in [-0.05, 0) is 32.3 Å². The molecule has 0 spiro atoms. The summed E-state index contributed by atoms with van der Waals surface area (Å²) in [6.07, 6.45) is 3.08. The fraction of sp³-hybridized carbons (Fsp3) is 0.600. The number of H-pyrrole nitrogens is 1. The molecule has 1 N–H and O–H groups in total. The summed E-state index contributed by atoms with van der Waals surface area (Å²) in [5.41, 5.74) is 0.925. The Morgan fingerprint density at radius 3 is 2.90 bits per heavy atom. The third kappa shape index (κ3) is 3.70. The molecule has 5 nitrogen and oxygen atoms in total. The number of amides is 1. The average Bonchev–Trinajstić information content (AvgIpc) is 2.89. The zero-order chi connectivity index (χ0) is 14.5. The number of aromatic amines is 1. The lowest BCUT2D eigenvalue weighted by atomic mass is 10.1. The summed E-state index contributed by atoms with van der Waals surface area (Å²) in [4.78, 5) is 28.5. The van der Waals surface area contributed by atoms with Crippen molar-refractivity contribution in [2.24, 2.45) is 0 Å². The van der Waals surface area contributed by atoms with Gasteiger partial charge in [-0.25, -0.2) is 0 Å². The second-order valence-electron chi connectivity index (χ2n) is 5.30. The van der Waals surface area contributed by atoms with E-state index in [1.165, 1.54) is 6.07 Å². The summed E-state index contributed by atoms with van der Waals surface area (Å²) in [6, 6.07) is 3.09. The van der Waals surface area contributed by atoms with Gasteiger partial charge in [-0.15, -0.1) is 0 Å². The van der Waals surface area contributed by atoms with Gasteiger partial charge in [0.15, 0.2) is 0 Å². The van der Waals surface area contributed by atoms with Crippen molar-refractivity contribution < 1.29 is 9.53 Å². The number of carbonyl (C=O) groups excluding carboxylic acids is 1. The Balaban J connectivity index is 2.14. The Labute approximate surface area is 118 Å². The molecular formula is C15H22N2O3. The second-order valence-corrected chi connectivity index (χ2v) is 5.30. The van der Waals surface area contributed by atoms with Gasteiger partial charge in [0, 0.05) is 37.0 Å². The van der Waals surface area contributed by atoms with Crippen LogP contribution in [0.25, 0.3) is 0 Å². The predicted octanol–water partition coefficient (Wildman–Crippen LogP) is 1.71. The minimum atomic E-state index is -0.234. The molecule has 1 aliphatic rings. The number of rotatable bonds is 5. The van der Waals surface area contributed by atoms with Crippen LogP contribution in [-0.4, -0.2) is 41.6 Å². The summed E-state index contributed by atoms with van der Waals surface area (Å²) in [5.74, 6) is -0.0865. The number of nitrogens with zero attached hydrogens (tertiary/aromatic N) is 1. The molecule has 0 radical (unpaired) electrons. The zero-order valence-corrected chi connectivity index (χ0v) is 12.1. The first-order chi connectivity index (χ1) is 9.60. The van der Waals surface area contributed by atoms with Crippen LogP contribution in [0.5, 0.6) is 0 Å². The van der Waals surface area contributed by atoms with E-state index in [9.17, 15) is 9.59 Å². The molecule has 1 saturated heterocycles. The third-order valence-electron chi connectivity index (χ3n) is 3.45. The van der Waals surface area contributed by atoms with Crippen molar-refractivity contribution in [2.45, 2.75) is 39.2 Å². The Morgan fingerprint density at radius 2 is 2.30 bits per heavy atom. The van der Waals surface area contributed by atoms with Crippen LogP contribution in [-0.2, 0) is 4.74 Å². The third-order valence-corrected chi connectivity index (χ3v) is 3.45. The number of hydrogen-bond acceptors (Lipinski definition) is 3. The van der Waals surface area contributed by atoms with Crippen molar-refractivity contribution in [1.29, 1.82) is 0 Å². The summed E-state index contributed by atoms with van der Waals surface area (Å²) >= 11 is 0. The van der Waals surface area contributed by atoms with Crippen LogP contribution < -0.4 is 5.56 Å². The molecule has 1 amide bonds. The highest BCUT2D eigenvalue weighted by Crippen LogP contribution is 2.15. The minimum Gasteiger partial charge on any atom is -0.376 e. The van der Waals surface area contributed by atoms with Crippen LogP contribution in [0.15, 0.2) is 16.9 Å². The highest BCUT2D eigenvalue weighted by Gasteiger charge is 2.23. The van der Waals surface area contributed by atoms with Gasteiger partial charge < -0.3 is 14.6 Å². The fourth-order valence-electron chi connectivity index (χ4n) is 2.57. The molecule has 5 heteroatoms. The van der Waals surface area contributed by atoms with E-state index in [0.717, 1.165) is 25.9 Å². The van der Waals surface area contributed by atoms with E-state index in [-0.39, 0.29) is 17.6 Å². The SMILES string of the molecule is CCCN(C[C@H]1CCCO1)C(=O)c1cc(C)[nH]c(=O)c1. The zero-order valence-electron chi connectivity index (χ0n) is 12.1. The molecule has 2 heterocycles. The molecule has 2 rings (SSSR count). The van der Waals surface area contributed by atoms with Crippen LogP contribution in [0.4, 0.5) is 0 Å². The number of hydrogen-bond donors (Lipinski definition) is 1. The van der Waals surface area contributed by atoms with Gasteiger partial charge in [-0.3, -0.25) is 9.59 Å². The second kappa shape index (κ2) is 6.70. The summed E-state index contributed by atoms with van der Waals surface area (Å²) in [7, 11) is 0. The van der Waals surface area contributed by atoms with Gasteiger partial charge in [-0.1, -0.05) is 6.92 Å². The molecule has 20 heavy (non-hydrogen) atoms. The van der Waals surface area contributed by atoms with Gasteiger partial charge in [0.25, 0.3) is 5.91 Å². The molecule has 1 aliphatic heterocycles. The molecule has 0 aliphatic carbocycles. The van der Waals surface area contributed by atoms with Crippen molar-refractivity contribution in [3.05, 3.63) is 33.7 Å². The van der Waals surface area contributed by atoms with Gasteiger partial charge >= 0.3 is 0 Å². The first kappa shape index (κ1) is 14.8. The van der Waals surface area contributed by atoms with Gasteiger partial charge in [0.05, 0.1) is 6.10 Å². The maximum atomic E-state index is 12.5. The molecule has 110 valence electrons. The number of aromatic nitrogens is 1. The summed E-state index contributed by atoms with van der Waals surface area (Å²) in [5, 5.41) is 0. The van der Waals surface area contributed by atoms with E-state index in [2.05, 4.69) is 4.98 Å². The van der Waals surface area contributed by atoms with Gasteiger partial charge in [0.1, 0.15) is 0 Å². The summed E-state index contributed by atoms with van der Waals surface area (Å²) < 4.78 is 5.60. The first-order valence-corrected chi connectivity index (χ1v) is 7.22. The normalized spacial score (nSPS) is 18.2. The lowest BCUT2D eigenvalue weighted by Crippen LogP contribution is -2.38. The lowest BCUT2D eigenvalue weighted by Gasteiger charge is -2.25. The molecular weight excluding hydrogens is 256 g/mol. The molecule has 0 saturated carbocycles. The largest absolute Gasteiger partial charge is 0.376 e. The number of carbonyl (C=O) groups is 1. The van der Waals surface area contributed by atoms with Crippen molar-refractivity contribution in [3.8, 4) is 0 Å². The molecule has 0 aromatic carbocycles. The van der Waals surface area contributed by atoms with Crippen molar-refractivity contribution in [3.63, 3.8) is 0 Å². The number of ether oxygens (including phenoxy) is 1. The lowest BCUT2D eigenvalue weighted by molar-refractivity contribution is 0.0526. The average molecular weight is 278 g/mol. The number of aryl methyl sites for hydroxylation is 1. The Hall–Kier alpha value is -1.62. The Kier molecular flexibility index (Phi) is 4.95. The molecule has 0 bridgehead atoms. The maximum Gasteiger partial charge on any atom is 0.254 e. The van der Waals surface area contributed by atoms with Crippen LogP contribution in [0.3, 0.4) is 0 Å². The van der Waals surface area contributed by atoms with Gasteiger partial charge in [0.2, 0.25) is 5.56 Å². The van der Waals surface area contributed by atoms with Crippen LogP contribution >= 0.6 is 0 Å². The quantitative estimate of drug-likeness (QED) is 0.892. The predicted molar refractivity (Wildman–Crippen MR) is 77.0 cm³/mol. The van der Waals surface area contributed by atoms with E-state index in [1.807, 2.05) is 6.92 Å². The monoisotopic (exact) mass is 278 g/mol. The smallest absolute Gasteiger partial charge is 0.254 e. The number of pyridine rings is 1. The Bertz CT molecular complexity index is 518. The molecule has 0 unspecified atom stereocenters. The maximum absolute atomic E-state index is 12.5. The highest BCUT2D eigenvalue weighted by molar-refractivity contribution is 5.94. The topological polar surface area (TPSA) is 62.4 Å². The van der Waals surface area contributed by atoms with Crippen molar-refractivity contribution in [2.75, 3.05) is 19.7 Å². The molecule has 1 aromatic heterocycles. The van der Waals surface area contributed by atoms with Crippen LogP contribution in [0.2, 0.25) is 0 Å². The van der Waals surface area contributed by atoms with E-state index < -0.39 is 0 Å². The number of nitrogens with one attached hydrogen (secondary N) is 1. The van der Waals surface area contributed by atoms with Crippen molar-refractivity contribution in [1.82, 2.24) is 9.88 Å². The highest BCUT2D eigenvalue weighted by atomic mass is 16.5. The first-order valence-electron chi connectivity index (χ1n) is 7.22. The van der Waals surface area contributed by atoms with E-state index >= 15 is 0 Å². The van der Waals surface area contributed by atoms with E-state index in [1.54, 1.807) is 17.9 Å². The molecule has 1 atom stereocenters. The van der Waals surface area contributed by atoms with E-state index in [4.69, 9.17) is 4.74 Å². The van der Waals surface area contributed by atoms with Crippen LogP contribution in [0, 0.1) is 6.92 Å². The minimum absolute atomic E-state index is 0.0865. The Morgan fingerprint density at radius 1 is 1.50 bits per heavy atom. The van der Waals surface area contributed by atoms with Crippen LogP contribution in [0.1, 0.15) is 42.2 Å². The molecule has 1 fully saturated rings.